The third kappa shape index (κ3) is 4.00. The fourth-order valence-electron chi connectivity index (χ4n) is 5.27. The number of thiophene rings is 1. The molecule has 0 unspecified atom stereocenters. The number of anilines is 1. The van der Waals surface area contributed by atoms with Crippen LogP contribution in [-0.4, -0.2) is 66.3 Å². The Bertz CT molecular complexity index is 973. The zero-order valence-corrected chi connectivity index (χ0v) is 18.1. The molecular weight excluding hydrogens is 429 g/mol. The maximum Gasteiger partial charge on any atom is 0.393 e. The van der Waals surface area contributed by atoms with Gasteiger partial charge in [-0.1, -0.05) is 0 Å². The topological polar surface area (TPSA) is 58.6 Å². The van der Waals surface area contributed by atoms with E-state index in [0.717, 1.165) is 63.2 Å². The van der Waals surface area contributed by atoms with Crippen LogP contribution in [0.5, 0.6) is 0 Å². The number of carbonyl (C=O) groups is 1. The fraction of sp³-hybridized carbons (Fsp3) is 0.667. The van der Waals surface area contributed by atoms with Crippen LogP contribution in [0.3, 0.4) is 0 Å². The summed E-state index contributed by atoms with van der Waals surface area (Å²) in [6, 6.07) is 1.57. The highest BCUT2D eigenvalue weighted by molar-refractivity contribution is 7.18. The van der Waals surface area contributed by atoms with Crippen LogP contribution in [0.4, 0.5) is 19.0 Å². The van der Waals surface area contributed by atoms with Gasteiger partial charge in [-0.05, 0) is 31.7 Å². The summed E-state index contributed by atoms with van der Waals surface area (Å²) in [6.07, 6.45) is 0.199. The largest absolute Gasteiger partial charge is 0.393 e. The minimum absolute atomic E-state index is 0.0848. The number of halogens is 3. The number of rotatable bonds is 4. The maximum atomic E-state index is 12.8. The molecule has 0 radical (unpaired) electrons. The number of likely N-dealkylation sites (tertiary alicyclic amines) is 1. The molecule has 5 rings (SSSR count). The molecule has 1 amide bonds. The third-order valence-electron chi connectivity index (χ3n) is 6.81. The van der Waals surface area contributed by atoms with Crippen LogP contribution < -0.4 is 4.90 Å². The van der Waals surface area contributed by atoms with Gasteiger partial charge in [-0.3, -0.25) is 4.79 Å². The highest BCUT2D eigenvalue weighted by Gasteiger charge is 2.54. The van der Waals surface area contributed by atoms with Gasteiger partial charge in [0.15, 0.2) is 0 Å². The number of hydrogen-bond acceptors (Lipinski definition) is 6. The van der Waals surface area contributed by atoms with Crippen LogP contribution in [0.25, 0.3) is 10.2 Å². The fourth-order valence-corrected chi connectivity index (χ4v) is 6.29. The highest BCUT2D eigenvalue weighted by Crippen LogP contribution is 2.45. The second kappa shape index (κ2) is 7.58. The number of aromatic nitrogens is 2. The number of nitrogens with zero attached hydrogens (tertiary/aromatic N) is 4. The van der Waals surface area contributed by atoms with Crippen molar-refractivity contribution in [3.63, 3.8) is 0 Å². The molecule has 10 heteroatoms. The first-order valence-electron chi connectivity index (χ1n) is 10.6. The first-order chi connectivity index (χ1) is 14.8. The third-order valence-corrected chi connectivity index (χ3v) is 7.85. The molecule has 31 heavy (non-hydrogen) atoms. The van der Waals surface area contributed by atoms with Crippen LogP contribution in [0.15, 0.2) is 12.4 Å². The second-order valence-corrected chi connectivity index (χ2v) is 10.3. The first-order valence-corrected chi connectivity index (χ1v) is 11.4. The summed E-state index contributed by atoms with van der Waals surface area (Å²) in [7, 11) is 1.73. The van der Waals surface area contributed by atoms with Crippen LogP contribution in [0, 0.1) is 11.3 Å². The van der Waals surface area contributed by atoms with E-state index in [-0.39, 0.29) is 28.2 Å². The van der Waals surface area contributed by atoms with Crippen molar-refractivity contribution in [3.8, 4) is 0 Å². The quantitative estimate of drug-likeness (QED) is 0.706. The van der Waals surface area contributed by atoms with Gasteiger partial charge in [0.2, 0.25) is 5.91 Å². The van der Waals surface area contributed by atoms with Gasteiger partial charge in [-0.25, -0.2) is 9.97 Å². The Balaban J connectivity index is 1.19. The van der Waals surface area contributed by atoms with E-state index in [1.54, 1.807) is 13.2 Å². The normalized spacial score (nSPS) is 25.5. The van der Waals surface area contributed by atoms with Gasteiger partial charge in [0.1, 0.15) is 17.0 Å². The molecule has 0 N–H and O–H groups in total. The van der Waals surface area contributed by atoms with Crippen molar-refractivity contribution in [1.29, 1.82) is 0 Å². The molecule has 1 saturated carbocycles. The number of amides is 1. The maximum absolute atomic E-state index is 12.8. The summed E-state index contributed by atoms with van der Waals surface area (Å²) >= 11 is 1.07. The predicted octanol–water partition coefficient (Wildman–Crippen LogP) is 3.65. The average molecular weight is 455 g/mol. The molecule has 3 aliphatic rings. The van der Waals surface area contributed by atoms with Crippen molar-refractivity contribution < 1.29 is 22.7 Å². The Hall–Kier alpha value is -1.94. The van der Waals surface area contributed by atoms with Gasteiger partial charge in [0, 0.05) is 49.5 Å². The summed E-state index contributed by atoms with van der Waals surface area (Å²) in [5.41, 5.74) is 0.0848. The van der Waals surface area contributed by atoms with Gasteiger partial charge in [0.05, 0.1) is 17.9 Å². The smallest absolute Gasteiger partial charge is 0.381 e. The minimum atomic E-state index is -4.24. The van der Waals surface area contributed by atoms with Crippen molar-refractivity contribution in [1.82, 2.24) is 14.9 Å². The lowest BCUT2D eigenvalue weighted by Gasteiger charge is -2.61. The lowest BCUT2D eigenvalue weighted by Crippen LogP contribution is -2.73. The number of alkyl halides is 3. The Morgan fingerprint density at radius 3 is 2.55 bits per heavy atom. The van der Waals surface area contributed by atoms with Crippen LogP contribution in [0.1, 0.15) is 30.6 Å². The molecular formula is C21H25F3N4O2S. The SMILES string of the molecule is CO[C@H]1CC[C@@H](C(=O)N2CC3(CN(c4ncnc5sc(CC(F)(F)F)cc45)C3)C2)CC1. The van der Waals surface area contributed by atoms with Gasteiger partial charge < -0.3 is 14.5 Å². The van der Waals surface area contributed by atoms with Crippen LogP contribution >= 0.6 is 11.3 Å². The summed E-state index contributed by atoms with van der Waals surface area (Å²) in [5, 5.41) is 0.684. The molecule has 0 atom stereocenters. The molecule has 0 bridgehead atoms. The minimum Gasteiger partial charge on any atom is -0.381 e. The molecule has 168 valence electrons. The summed E-state index contributed by atoms with van der Waals surface area (Å²) in [5.74, 6) is 1.07. The molecule has 0 aromatic carbocycles. The number of fused-ring (bicyclic) bond motifs is 1. The molecule has 2 saturated heterocycles. The van der Waals surface area contributed by atoms with Gasteiger partial charge >= 0.3 is 6.18 Å². The van der Waals surface area contributed by atoms with Gasteiger partial charge in [0.25, 0.3) is 0 Å². The van der Waals surface area contributed by atoms with E-state index in [1.165, 1.54) is 6.33 Å². The predicted molar refractivity (Wildman–Crippen MR) is 111 cm³/mol. The lowest BCUT2D eigenvalue weighted by molar-refractivity contribution is -0.151. The average Bonchev–Trinajstić information content (AvgIpc) is 3.06. The van der Waals surface area contributed by atoms with Crippen molar-refractivity contribution in [2.24, 2.45) is 11.3 Å². The van der Waals surface area contributed by atoms with E-state index in [0.29, 0.717) is 16.0 Å². The number of carbonyl (C=O) groups excluding carboxylic acids is 1. The second-order valence-electron chi connectivity index (χ2n) is 9.18. The summed E-state index contributed by atoms with van der Waals surface area (Å²) in [6.45, 7) is 3.04. The monoisotopic (exact) mass is 454 g/mol. The molecule has 1 spiro atoms. The van der Waals surface area contributed by atoms with Crippen molar-refractivity contribution in [3.05, 3.63) is 17.3 Å². The van der Waals surface area contributed by atoms with Crippen molar-refractivity contribution in [2.75, 3.05) is 38.2 Å². The molecule has 4 heterocycles. The van der Waals surface area contributed by atoms with Gasteiger partial charge in [-0.15, -0.1) is 11.3 Å². The molecule has 3 fully saturated rings. The lowest BCUT2D eigenvalue weighted by atomic mass is 9.72. The van der Waals surface area contributed by atoms with E-state index >= 15 is 0 Å². The van der Waals surface area contributed by atoms with E-state index < -0.39 is 12.6 Å². The zero-order valence-electron chi connectivity index (χ0n) is 17.3. The van der Waals surface area contributed by atoms with E-state index in [2.05, 4.69) is 14.9 Å². The van der Waals surface area contributed by atoms with Gasteiger partial charge in [-0.2, -0.15) is 13.2 Å². The van der Waals surface area contributed by atoms with Crippen molar-refractivity contribution in [2.45, 2.75) is 44.4 Å². The van der Waals surface area contributed by atoms with E-state index in [1.807, 2.05) is 4.90 Å². The first kappa shape index (κ1) is 20.9. The Kier molecular flexibility index (Phi) is 5.12. The van der Waals surface area contributed by atoms with E-state index in [4.69, 9.17) is 4.74 Å². The molecule has 2 aliphatic heterocycles. The number of hydrogen-bond donors (Lipinski definition) is 0. The Morgan fingerprint density at radius 1 is 1.19 bits per heavy atom. The Labute approximate surface area is 182 Å². The standard InChI is InChI=1S/C21H25F3N4O2S/c1-30-14-4-2-13(3-5-14)19(29)28-10-20(11-28)8-27(9-20)17-16-6-15(7-21(22,23)24)31-18(16)26-12-25-17/h6,12-14H,2-5,7-11H2,1H3/t13-,14+. The molecule has 6 nitrogen and oxygen atoms in total. The number of methoxy groups -OCH3 is 1. The Morgan fingerprint density at radius 2 is 1.90 bits per heavy atom. The molecule has 2 aromatic rings. The van der Waals surface area contributed by atoms with E-state index in [9.17, 15) is 18.0 Å². The molecule has 2 aromatic heterocycles. The highest BCUT2D eigenvalue weighted by atomic mass is 32.1. The zero-order chi connectivity index (χ0) is 21.8. The van der Waals surface area contributed by atoms with Crippen LogP contribution in [-0.2, 0) is 16.0 Å². The van der Waals surface area contributed by atoms with Crippen molar-refractivity contribution >= 4 is 33.3 Å². The summed E-state index contributed by atoms with van der Waals surface area (Å²) < 4.78 is 43.7. The molecule has 1 aliphatic carbocycles. The van der Waals surface area contributed by atoms with Crippen LogP contribution in [0.2, 0.25) is 0 Å². The summed E-state index contributed by atoms with van der Waals surface area (Å²) in [4.78, 5) is 26.2. The number of ether oxygens (including phenoxy) is 1.